The molecule has 0 saturated carbocycles. The number of benzene rings is 1. The number of amides is 2. The molecule has 1 aromatic heterocycles. The third-order valence-electron chi connectivity index (χ3n) is 4.13. The molecule has 0 bridgehead atoms. The predicted molar refractivity (Wildman–Crippen MR) is 86.1 cm³/mol. The number of piperidine rings is 1. The summed E-state index contributed by atoms with van der Waals surface area (Å²) in [5.41, 5.74) is 1.23. The molecule has 2 heterocycles. The highest BCUT2D eigenvalue weighted by Gasteiger charge is 2.28. The van der Waals surface area contributed by atoms with Crippen LogP contribution < -0.4 is 5.32 Å². The van der Waals surface area contributed by atoms with Crippen LogP contribution in [-0.4, -0.2) is 40.7 Å². The van der Waals surface area contributed by atoms with Gasteiger partial charge in [-0.15, -0.1) is 0 Å². The molecule has 3 rings (SSSR count). The zero-order valence-corrected chi connectivity index (χ0v) is 13.4. The minimum absolute atomic E-state index is 0.0122. The van der Waals surface area contributed by atoms with Gasteiger partial charge < -0.3 is 14.7 Å². The average molecular weight is 314 g/mol. The Balaban J connectivity index is 1.49. The summed E-state index contributed by atoms with van der Waals surface area (Å²) in [6.07, 6.45) is 2.78. The van der Waals surface area contributed by atoms with Gasteiger partial charge in [0.2, 0.25) is 5.89 Å². The van der Waals surface area contributed by atoms with Crippen LogP contribution in [0.3, 0.4) is 0 Å². The van der Waals surface area contributed by atoms with Crippen molar-refractivity contribution >= 4 is 6.03 Å². The maximum atomic E-state index is 12.3. The first-order chi connectivity index (χ1) is 11.2. The summed E-state index contributed by atoms with van der Waals surface area (Å²) >= 11 is 0. The van der Waals surface area contributed by atoms with Gasteiger partial charge in [0.1, 0.15) is 0 Å². The molecule has 1 atom stereocenters. The number of hydrogen-bond donors (Lipinski definition) is 1. The fourth-order valence-corrected chi connectivity index (χ4v) is 2.91. The second-order valence-electron chi connectivity index (χ2n) is 5.93. The topological polar surface area (TPSA) is 71.3 Å². The third-order valence-corrected chi connectivity index (χ3v) is 4.13. The van der Waals surface area contributed by atoms with Crippen molar-refractivity contribution in [2.75, 3.05) is 19.6 Å². The number of rotatable bonds is 4. The van der Waals surface area contributed by atoms with E-state index in [0.29, 0.717) is 24.8 Å². The summed E-state index contributed by atoms with van der Waals surface area (Å²) in [6.45, 7) is 3.87. The number of aromatic nitrogens is 2. The quantitative estimate of drug-likeness (QED) is 0.941. The number of carbonyl (C=O) groups is 1. The molecule has 1 unspecified atom stereocenters. The second-order valence-corrected chi connectivity index (χ2v) is 5.93. The Bertz CT molecular complexity index is 641. The molecule has 0 radical (unpaired) electrons. The van der Waals surface area contributed by atoms with E-state index in [9.17, 15) is 4.79 Å². The van der Waals surface area contributed by atoms with Gasteiger partial charge in [-0.3, -0.25) is 0 Å². The third kappa shape index (κ3) is 4.09. The Hall–Kier alpha value is -2.37. The Labute approximate surface area is 135 Å². The van der Waals surface area contributed by atoms with Crippen LogP contribution in [0.25, 0.3) is 0 Å². The van der Waals surface area contributed by atoms with Crippen LogP contribution in [0.15, 0.2) is 34.9 Å². The van der Waals surface area contributed by atoms with Crippen LogP contribution in [0.1, 0.15) is 36.0 Å². The van der Waals surface area contributed by atoms with E-state index in [1.165, 1.54) is 5.56 Å². The smallest absolute Gasteiger partial charge is 0.317 e. The summed E-state index contributed by atoms with van der Waals surface area (Å²) in [5, 5.41) is 6.84. The van der Waals surface area contributed by atoms with E-state index >= 15 is 0 Å². The predicted octanol–water partition coefficient (Wildman–Crippen LogP) is 2.51. The van der Waals surface area contributed by atoms with E-state index in [2.05, 4.69) is 27.6 Å². The fraction of sp³-hybridized carbons (Fsp3) is 0.471. The minimum atomic E-state index is -0.0122. The summed E-state index contributed by atoms with van der Waals surface area (Å²) in [7, 11) is 0. The van der Waals surface area contributed by atoms with Gasteiger partial charge in [-0.25, -0.2) is 4.79 Å². The maximum absolute atomic E-state index is 12.3. The Kier molecular flexibility index (Phi) is 4.90. The lowest BCUT2D eigenvalue weighted by Gasteiger charge is -2.31. The van der Waals surface area contributed by atoms with Crippen molar-refractivity contribution in [3.05, 3.63) is 47.6 Å². The normalized spacial score (nSPS) is 18.0. The first-order valence-electron chi connectivity index (χ1n) is 8.09. The van der Waals surface area contributed by atoms with Gasteiger partial charge in [-0.2, -0.15) is 4.98 Å². The van der Waals surface area contributed by atoms with Crippen molar-refractivity contribution in [2.45, 2.75) is 32.1 Å². The number of likely N-dealkylation sites (tertiary alicyclic amines) is 1. The highest BCUT2D eigenvalue weighted by molar-refractivity contribution is 5.74. The maximum Gasteiger partial charge on any atom is 0.317 e. The Morgan fingerprint density at radius 2 is 2.22 bits per heavy atom. The number of aryl methyl sites for hydroxylation is 1. The van der Waals surface area contributed by atoms with Crippen molar-refractivity contribution in [3.8, 4) is 0 Å². The molecule has 122 valence electrons. The van der Waals surface area contributed by atoms with Crippen LogP contribution in [0.4, 0.5) is 4.79 Å². The lowest BCUT2D eigenvalue weighted by molar-refractivity contribution is 0.172. The van der Waals surface area contributed by atoms with Crippen LogP contribution in [-0.2, 0) is 6.42 Å². The van der Waals surface area contributed by atoms with Crippen molar-refractivity contribution in [2.24, 2.45) is 0 Å². The van der Waals surface area contributed by atoms with E-state index in [1.807, 2.05) is 30.0 Å². The molecule has 23 heavy (non-hydrogen) atoms. The van der Waals surface area contributed by atoms with E-state index in [4.69, 9.17) is 4.52 Å². The average Bonchev–Trinajstić information content (AvgIpc) is 3.02. The van der Waals surface area contributed by atoms with Gasteiger partial charge in [0.15, 0.2) is 5.82 Å². The minimum Gasteiger partial charge on any atom is -0.339 e. The summed E-state index contributed by atoms with van der Waals surface area (Å²) in [4.78, 5) is 18.5. The summed E-state index contributed by atoms with van der Waals surface area (Å²) < 4.78 is 5.25. The molecule has 1 aliphatic rings. The summed E-state index contributed by atoms with van der Waals surface area (Å²) in [5.74, 6) is 1.43. The molecule has 1 aliphatic heterocycles. The zero-order valence-electron chi connectivity index (χ0n) is 13.4. The molecular formula is C17H22N4O2. The highest BCUT2D eigenvalue weighted by Crippen LogP contribution is 2.25. The SMILES string of the molecule is Cc1noc(C2CCCN(C(=O)NCCc3ccccc3)C2)n1. The molecule has 2 aromatic rings. The van der Waals surface area contributed by atoms with Crippen LogP contribution in [0.5, 0.6) is 0 Å². The molecule has 6 heteroatoms. The molecule has 0 aliphatic carbocycles. The monoisotopic (exact) mass is 314 g/mol. The molecule has 1 fully saturated rings. The van der Waals surface area contributed by atoms with E-state index in [-0.39, 0.29) is 11.9 Å². The molecule has 1 N–H and O–H groups in total. The zero-order chi connectivity index (χ0) is 16.1. The van der Waals surface area contributed by atoms with E-state index < -0.39 is 0 Å². The molecule has 6 nitrogen and oxygen atoms in total. The molecule has 1 saturated heterocycles. The van der Waals surface area contributed by atoms with Gasteiger partial charge in [-0.05, 0) is 31.7 Å². The van der Waals surface area contributed by atoms with Gasteiger partial charge in [0, 0.05) is 19.6 Å². The van der Waals surface area contributed by atoms with E-state index in [0.717, 1.165) is 25.8 Å². The Morgan fingerprint density at radius 3 is 2.96 bits per heavy atom. The lowest BCUT2D eigenvalue weighted by atomic mass is 9.98. The standard InChI is InChI=1S/C17H22N4O2/c1-13-19-16(23-20-13)15-8-5-11-21(12-15)17(22)18-10-9-14-6-3-2-4-7-14/h2-4,6-7,15H,5,8-12H2,1H3,(H,18,22). The van der Waals surface area contributed by atoms with Gasteiger partial charge >= 0.3 is 6.03 Å². The van der Waals surface area contributed by atoms with Crippen LogP contribution >= 0.6 is 0 Å². The second kappa shape index (κ2) is 7.26. The molecule has 2 amide bonds. The van der Waals surface area contributed by atoms with Gasteiger partial charge in [0.05, 0.1) is 5.92 Å². The Morgan fingerprint density at radius 1 is 1.39 bits per heavy atom. The van der Waals surface area contributed by atoms with Crippen molar-refractivity contribution in [1.29, 1.82) is 0 Å². The van der Waals surface area contributed by atoms with Gasteiger partial charge in [-0.1, -0.05) is 35.5 Å². The first-order valence-corrected chi connectivity index (χ1v) is 8.09. The number of urea groups is 1. The van der Waals surface area contributed by atoms with E-state index in [1.54, 1.807) is 0 Å². The first kappa shape index (κ1) is 15.5. The summed E-state index contributed by atoms with van der Waals surface area (Å²) in [6, 6.07) is 10.1. The molecule has 1 aromatic carbocycles. The highest BCUT2D eigenvalue weighted by atomic mass is 16.5. The van der Waals surface area contributed by atoms with Crippen molar-refractivity contribution < 1.29 is 9.32 Å². The molecular weight excluding hydrogens is 292 g/mol. The number of hydrogen-bond acceptors (Lipinski definition) is 4. The number of nitrogens with one attached hydrogen (secondary N) is 1. The van der Waals surface area contributed by atoms with Crippen LogP contribution in [0.2, 0.25) is 0 Å². The van der Waals surface area contributed by atoms with Crippen LogP contribution in [0, 0.1) is 6.92 Å². The van der Waals surface area contributed by atoms with Crippen molar-refractivity contribution in [1.82, 2.24) is 20.4 Å². The number of nitrogens with zero attached hydrogens (tertiary/aromatic N) is 3. The molecule has 0 spiro atoms. The fourth-order valence-electron chi connectivity index (χ4n) is 2.91. The lowest BCUT2D eigenvalue weighted by Crippen LogP contribution is -2.45. The number of carbonyl (C=O) groups excluding carboxylic acids is 1. The largest absolute Gasteiger partial charge is 0.339 e. The van der Waals surface area contributed by atoms with Crippen molar-refractivity contribution in [3.63, 3.8) is 0 Å². The van der Waals surface area contributed by atoms with Gasteiger partial charge in [0.25, 0.3) is 0 Å².